The first kappa shape index (κ1) is 15.9. The van der Waals surface area contributed by atoms with Gasteiger partial charge in [-0.15, -0.1) is 0 Å². The Morgan fingerprint density at radius 1 is 1.43 bits per heavy atom. The smallest absolute Gasteiger partial charge is 0.321 e. The summed E-state index contributed by atoms with van der Waals surface area (Å²) in [5, 5.41) is 8.90. The van der Waals surface area contributed by atoms with Crippen LogP contribution in [0, 0.1) is 0 Å². The molecule has 2 N–H and O–H groups in total. The number of sulfonamides is 1. The van der Waals surface area contributed by atoms with E-state index in [2.05, 4.69) is 4.72 Å². The van der Waals surface area contributed by atoms with E-state index < -0.39 is 31.9 Å². The summed E-state index contributed by atoms with van der Waals surface area (Å²) in [5.74, 6) is -1.32. The molecule has 116 valence electrons. The molecular weight excluding hydrogens is 318 g/mol. The molecule has 21 heavy (non-hydrogen) atoms. The van der Waals surface area contributed by atoms with Crippen LogP contribution in [0.2, 0.25) is 0 Å². The van der Waals surface area contributed by atoms with E-state index in [1.807, 2.05) is 0 Å². The number of nitrogens with one attached hydrogen (secondary N) is 1. The molecule has 1 atom stereocenters. The van der Waals surface area contributed by atoms with Crippen LogP contribution in [0.3, 0.4) is 0 Å². The molecule has 1 unspecified atom stereocenters. The van der Waals surface area contributed by atoms with Crippen molar-refractivity contribution in [2.24, 2.45) is 0 Å². The van der Waals surface area contributed by atoms with E-state index in [9.17, 15) is 21.6 Å². The lowest BCUT2D eigenvalue weighted by Crippen LogP contribution is -2.40. The molecule has 0 aromatic heterocycles. The fourth-order valence-electron chi connectivity index (χ4n) is 2.12. The van der Waals surface area contributed by atoms with Gasteiger partial charge in [-0.2, -0.15) is 4.72 Å². The van der Waals surface area contributed by atoms with Crippen molar-refractivity contribution in [3.05, 3.63) is 23.8 Å². The lowest BCUT2D eigenvalue weighted by molar-refractivity contribution is -0.139. The Labute approximate surface area is 123 Å². The number of fused-ring (bicyclic) bond motifs is 1. The summed E-state index contributed by atoms with van der Waals surface area (Å²) < 4.78 is 50.0. The highest BCUT2D eigenvalue weighted by molar-refractivity contribution is 7.92. The van der Waals surface area contributed by atoms with Crippen LogP contribution in [0.1, 0.15) is 18.9 Å². The Balaban J connectivity index is 2.41. The van der Waals surface area contributed by atoms with E-state index in [1.54, 1.807) is 0 Å². The number of carboxylic acids is 1. The van der Waals surface area contributed by atoms with Crippen LogP contribution in [0.5, 0.6) is 0 Å². The average Bonchev–Trinajstić information content (AvgIpc) is 2.71. The molecule has 1 aliphatic heterocycles. The van der Waals surface area contributed by atoms with E-state index in [4.69, 9.17) is 5.11 Å². The highest BCUT2D eigenvalue weighted by Crippen LogP contribution is 2.28. The van der Waals surface area contributed by atoms with Gasteiger partial charge in [-0.1, -0.05) is 13.0 Å². The first-order valence-electron chi connectivity index (χ1n) is 6.28. The lowest BCUT2D eigenvalue weighted by atomic mass is 10.2. The maximum atomic E-state index is 12.1. The largest absolute Gasteiger partial charge is 0.480 e. The third-order valence-corrected chi connectivity index (χ3v) is 6.59. The van der Waals surface area contributed by atoms with Crippen LogP contribution < -0.4 is 4.72 Å². The number of carboxylic acid groups (broad SMARTS) is 1. The van der Waals surface area contributed by atoms with Crippen LogP contribution >= 0.6 is 0 Å². The summed E-state index contributed by atoms with van der Waals surface area (Å²) in [6.07, 6.45) is 0.440. The first-order chi connectivity index (χ1) is 9.67. The van der Waals surface area contributed by atoms with Gasteiger partial charge in [-0.25, -0.2) is 16.8 Å². The van der Waals surface area contributed by atoms with Crippen LogP contribution in [-0.4, -0.2) is 39.7 Å². The Morgan fingerprint density at radius 3 is 2.67 bits per heavy atom. The number of sulfone groups is 1. The molecule has 2 rings (SSSR count). The van der Waals surface area contributed by atoms with Crippen LogP contribution in [0.15, 0.2) is 28.0 Å². The predicted octanol–water partition coefficient (Wildman–Crippen LogP) is 0.158. The Kier molecular flexibility index (Phi) is 4.09. The van der Waals surface area contributed by atoms with Gasteiger partial charge < -0.3 is 5.11 Å². The van der Waals surface area contributed by atoms with Gasteiger partial charge in [-0.3, -0.25) is 4.79 Å². The van der Waals surface area contributed by atoms with Crippen molar-refractivity contribution >= 4 is 25.8 Å². The van der Waals surface area contributed by atoms with Gasteiger partial charge in [0.1, 0.15) is 6.04 Å². The third kappa shape index (κ3) is 3.09. The summed E-state index contributed by atoms with van der Waals surface area (Å²) in [6, 6.07) is 2.58. The summed E-state index contributed by atoms with van der Waals surface area (Å²) >= 11 is 0. The van der Waals surface area contributed by atoms with Gasteiger partial charge in [0.25, 0.3) is 0 Å². The van der Waals surface area contributed by atoms with Gasteiger partial charge >= 0.3 is 5.97 Å². The fraction of sp³-hybridized carbons (Fsp3) is 0.417. The van der Waals surface area contributed by atoms with E-state index >= 15 is 0 Å². The molecule has 0 radical (unpaired) electrons. The van der Waals surface area contributed by atoms with Crippen LogP contribution in [0.4, 0.5) is 0 Å². The Morgan fingerprint density at radius 2 is 2.10 bits per heavy atom. The number of aliphatic carboxylic acids is 1. The number of aryl methyl sites for hydroxylation is 1. The van der Waals surface area contributed by atoms with Crippen molar-refractivity contribution in [3.8, 4) is 0 Å². The van der Waals surface area contributed by atoms with E-state index in [0.29, 0.717) is 12.0 Å². The number of carbonyl (C=O) groups is 1. The molecule has 0 amide bonds. The van der Waals surface area contributed by atoms with Crippen molar-refractivity contribution in [1.82, 2.24) is 4.72 Å². The molecular formula is C12H15NO6S2. The molecule has 0 saturated carbocycles. The minimum Gasteiger partial charge on any atom is -0.480 e. The molecule has 0 spiro atoms. The number of hydrogen-bond donors (Lipinski definition) is 2. The Bertz CT molecular complexity index is 782. The molecule has 1 heterocycles. The van der Waals surface area contributed by atoms with E-state index in [-0.39, 0.29) is 22.0 Å². The molecule has 0 fully saturated rings. The zero-order valence-electron chi connectivity index (χ0n) is 11.2. The average molecular weight is 333 g/mol. The summed E-state index contributed by atoms with van der Waals surface area (Å²) in [7, 11) is -7.53. The van der Waals surface area contributed by atoms with Crippen molar-refractivity contribution in [1.29, 1.82) is 0 Å². The summed E-state index contributed by atoms with van der Waals surface area (Å²) in [4.78, 5) is 10.7. The fourth-order valence-corrected chi connectivity index (χ4v) is 5.07. The minimum atomic E-state index is -4.08. The first-order valence-corrected chi connectivity index (χ1v) is 9.42. The second-order valence-electron chi connectivity index (χ2n) is 4.76. The minimum absolute atomic E-state index is 0.00810. The van der Waals surface area contributed by atoms with Crippen LogP contribution in [0.25, 0.3) is 0 Å². The zero-order valence-corrected chi connectivity index (χ0v) is 12.9. The molecule has 7 nitrogen and oxygen atoms in total. The van der Waals surface area contributed by atoms with E-state index in [0.717, 1.165) is 6.07 Å². The molecule has 0 bridgehead atoms. The zero-order chi connectivity index (χ0) is 15.8. The molecule has 0 aliphatic carbocycles. The van der Waals surface area contributed by atoms with Gasteiger partial charge in [0.05, 0.1) is 15.5 Å². The number of rotatable bonds is 5. The second kappa shape index (κ2) is 5.39. The standard InChI is InChI=1S/C12H15NO6S2/c1-2-10(12(14)15)13-21(18,19)9-4-3-8-5-6-20(16,17)11(8)7-9/h3-4,7,10,13H,2,5-6H2,1H3,(H,14,15). The third-order valence-electron chi connectivity index (χ3n) is 3.33. The Hall–Kier alpha value is -1.45. The number of benzene rings is 1. The lowest BCUT2D eigenvalue weighted by Gasteiger charge is -2.13. The number of hydrogen-bond acceptors (Lipinski definition) is 5. The van der Waals surface area contributed by atoms with Gasteiger partial charge in [0.2, 0.25) is 10.0 Å². The normalized spacial score (nSPS) is 18.1. The second-order valence-corrected chi connectivity index (χ2v) is 8.55. The SMILES string of the molecule is CCC(NS(=O)(=O)c1ccc2c(c1)S(=O)(=O)CC2)C(=O)O. The summed E-state index contributed by atoms with van der Waals surface area (Å²) in [5.41, 5.74) is 0.583. The molecule has 0 saturated heterocycles. The topological polar surface area (TPSA) is 118 Å². The van der Waals surface area contributed by atoms with Gasteiger partial charge in [0.15, 0.2) is 9.84 Å². The summed E-state index contributed by atoms with van der Waals surface area (Å²) in [6.45, 7) is 1.54. The van der Waals surface area contributed by atoms with Crippen molar-refractivity contribution in [2.45, 2.75) is 35.6 Å². The van der Waals surface area contributed by atoms with Gasteiger partial charge in [-0.05, 0) is 30.5 Å². The van der Waals surface area contributed by atoms with Crippen molar-refractivity contribution in [3.63, 3.8) is 0 Å². The maximum absolute atomic E-state index is 12.1. The van der Waals surface area contributed by atoms with E-state index in [1.165, 1.54) is 19.1 Å². The highest BCUT2D eigenvalue weighted by atomic mass is 32.2. The van der Waals surface area contributed by atoms with Crippen molar-refractivity contribution < 1.29 is 26.7 Å². The monoisotopic (exact) mass is 333 g/mol. The van der Waals surface area contributed by atoms with Crippen LogP contribution in [-0.2, 0) is 31.1 Å². The molecule has 1 aromatic carbocycles. The van der Waals surface area contributed by atoms with Crippen molar-refractivity contribution in [2.75, 3.05) is 5.75 Å². The molecule has 9 heteroatoms. The van der Waals surface area contributed by atoms with Gasteiger partial charge in [0, 0.05) is 0 Å². The molecule has 1 aromatic rings. The highest BCUT2D eigenvalue weighted by Gasteiger charge is 2.30. The maximum Gasteiger partial charge on any atom is 0.321 e. The molecule has 1 aliphatic rings. The predicted molar refractivity (Wildman–Crippen MR) is 74.2 cm³/mol. The quantitative estimate of drug-likeness (QED) is 0.792.